The number of nitrogens with zero attached hydrogens (tertiary/aromatic N) is 2. The van der Waals surface area contributed by atoms with Gasteiger partial charge in [0.25, 0.3) is 0 Å². The summed E-state index contributed by atoms with van der Waals surface area (Å²) in [5.41, 5.74) is 3.77. The van der Waals surface area contributed by atoms with Crippen molar-refractivity contribution in [2.24, 2.45) is 0 Å². The molecule has 4 rings (SSSR count). The summed E-state index contributed by atoms with van der Waals surface area (Å²) in [6.45, 7) is 2.37. The lowest BCUT2D eigenvalue weighted by molar-refractivity contribution is 0.290. The van der Waals surface area contributed by atoms with Crippen LogP contribution in [-0.2, 0) is 6.61 Å². The molecule has 0 radical (unpaired) electrons. The molecule has 1 heterocycles. The molecule has 132 valence electrons. The van der Waals surface area contributed by atoms with Crippen molar-refractivity contribution >= 4 is 10.9 Å². The molecule has 0 saturated carbocycles. The monoisotopic (exact) mass is 348 g/mol. The largest absolute Gasteiger partial charge is 0.486 e. The zero-order valence-electron chi connectivity index (χ0n) is 13.8. The van der Waals surface area contributed by atoms with Gasteiger partial charge in [0.2, 0.25) is 0 Å². The van der Waals surface area contributed by atoms with E-state index in [-0.39, 0.29) is 13.2 Å². The van der Waals surface area contributed by atoms with Gasteiger partial charge in [-0.05, 0) is 36.2 Å². The van der Waals surface area contributed by atoms with Crippen LogP contribution in [0.1, 0.15) is 18.6 Å². The van der Waals surface area contributed by atoms with Crippen LogP contribution in [0.2, 0.25) is 0 Å². The average Bonchev–Trinajstić information content (AvgIpc) is 3.07. The highest BCUT2D eigenvalue weighted by Gasteiger charge is 2.10. The maximum Gasteiger partial charge on any atom is 0.167 e. The van der Waals surface area contributed by atoms with Gasteiger partial charge in [-0.1, -0.05) is 49.9 Å². The third kappa shape index (κ3) is 3.31. The molecule has 4 aromatic rings. The minimum Gasteiger partial charge on any atom is -0.486 e. The summed E-state index contributed by atoms with van der Waals surface area (Å²) >= 11 is 0. The van der Waals surface area contributed by atoms with Crippen molar-refractivity contribution in [3.05, 3.63) is 89.9 Å². The van der Waals surface area contributed by atoms with E-state index in [1.807, 2.05) is 67.7 Å². The van der Waals surface area contributed by atoms with Crippen LogP contribution in [0.3, 0.4) is 0 Å². The maximum atomic E-state index is 14.5. The minimum atomic E-state index is -0.398. The van der Waals surface area contributed by atoms with E-state index >= 15 is 0 Å². The molecule has 1 aromatic heterocycles. The SMILES string of the molecule is C.Cc1cccc2c1cnn2-c1ccc(OCc2ccccc2)c(F)c1. The van der Waals surface area contributed by atoms with Gasteiger partial charge in [0.05, 0.1) is 17.4 Å². The van der Waals surface area contributed by atoms with Gasteiger partial charge >= 0.3 is 0 Å². The fourth-order valence-corrected chi connectivity index (χ4v) is 2.88. The number of ether oxygens (including phenoxy) is 1. The number of fused-ring (bicyclic) bond motifs is 1. The second-order valence-electron chi connectivity index (χ2n) is 5.95. The number of halogens is 1. The summed E-state index contributed by atoms with van der Waals surface area (Å²) in [4.78, 5) is 0. The predicted octanol–water partition coefficient (Wildman–Crippen LogP) is 5.69. The topological polar surface area (TPSA) is 27.1 Å². The Kier molecular flexibility index (Phi) is 5.03. The quantitative estimate of drug-likeness (QED) is 0.474. The van der Waals surface area contributed by atoms with Crippen molar-refractivity contribution in [3.63, 3.8) is 0 Å². The van der Waals surface area contributed by atoms with Crippen LogP contribution in [-0.4, -0.2) is 9.78 Å². The first-order valence-electron chi connectivity index (χ1n) is 8.12. The summed E-state index contributed by atoms with van der Waals surface area (Å²) in [6.07, 6.45) is 1.81. The first-order valence-corrected chi connectivity index (χ1v) is 8.12. The molecule has 0 saturated heterocycles. The molecule has 4 heteroatoms. The van der Waals surface area contributed by atoms with Gasteiger partial charge < -0.3 is 4.74 Å². The average molecular weight is 348 g/mol. The third-order valence-electron chi connectivity index (χ3n) is 4.23. The normalized spacial score (nSPS) is 10.5. The molecule has 0 N–H and O–H groups in total. The third-order valence-corrected chi connectivity index (χ3v) is 4.23. The first kappa shape index (κ1) is 17.7. The molecule has 3 nitrogen and oxygen atoms in total. The second kappa shape index (κ2) is 7.40. The molecule has 0 fully saturated rings. The Hall–Kier alpha value is -3.14. The minimum absolute atomic E-state index is 0. The molecule has 0 amide bonds. The van der Waals surface area contributed by atoms with Gasteiger partial charge in [-0.15, -0.1) is 0 Å². The van der Waals surface area contributed by atoms with Gasteiger partial charge in [0.15, 0.2) is 11.6 Å². The van der Waals surface area contributed by atoms with Crippen molar-refractivity contribution in [2.75, 3.05) is 0 Å². The van der Waals surface area contributed by atoms with Gasteiger partial charge in [-0.3, -0.25) is 0 Å². The van der Waals surface area contributed by atoms with Crippen LogP contribution in [0.15, 0.2) is 72.9 Å². The van der Waals surface area contributed by atoms with Crippen molar-refractivity contribution in [2.45, 2.75) is 21.0 Å². The highest BCUT2D eigenvalue weighted by molar-refractivity contribution is 5.83. The molecule has 0 spiro atoms. The molecular formula is C22H21FN2O. The zero-order chi connectivity index (χ0) is 17.2. The van der Waals surface area contributed by atoms with E-state index in [1.165, 1.54) is 6.07 Å². The van der Waals surface area contributed by atoms with E-state index in [4.69, 9.17) is 4.74 Å². The Bertz CT molecular complexity index is 1020. The van der Waals surface area contributed by atoms with Crippen molar-refractivity contribution in [1.82, 2.24) is 9.78 Å². The van der Waals surface area contributed by atoms with E-state index in [1.54, 1.807) is 10.7 Å². The van der Waals surface area contributed by atoms with E-state index in [9.17, 15) is 4.39 Å². The van der Waals surface area contributed by atoms with Crippen molar-refractivity contribution < 1.29 is 9.13 Å². The lowest BCUT2D eigenvalue weighted by Gasteiger charge is -2.10. The zero-order valence-corrected chi connectivity index (χ0v) is 13.8. The van der Waals surface area contributed by atoms with Crippen molar-refractivity contribution in [1.29, 1.82) is 0 Å². The standard InChI is InChI=1S/C21H17FN2O.CH4/c1-15-6-5-9-20-18(15)13-23-24(20)17-10-11-21(19(22)12-17)25-14-16-7-3-2-4-8-16;/h2-13H,14H2,1H3;1H4. The molecule has 0 bridgehead atoms. The number of hydrogen-bond acceptors (Lipinski definition) is 2. The van der Waals surface area contributed by atoms with E-state index in [0.29, 0.717) is 12.3 Å². The highest BCUT2D eigenvalue weighted by Crippen LogP contribution is 2.25. The Morgan fingerprint density at radius 3 is 2.58 bits per heavy atom. The summed E-state index contributed by atoms with van der Waals surface area (Å²) < 4.78 is 21.8. The summed E-state index contributed by atoms with van der Waals surface area (Å²) in [5.74, 6) is -0.162. The summed E-state index contributed by atoms with van der Waals surface area (Å²) in [5, 5.41) is 5.46. The lowest BCUT2D eigenvalue weighted by atomic mass is 10.1. The fraction of sp³-hybridized carbons (Fsp3) is 0.136. The summed E-state index contributed by atoms with van der Waals surface area (Å²) in [6, 6.07) is 20.6. The predicted molar refractivity (Wildman–Crippen MR) is 103 cm³/mol. The molecule has 0 aliphatic heterocycles. The van der Waals surface area contributed by atoms with Gasteiger partial charge in [0.1, 0.15) is 6.61 Å². The fourth-order valence-electron chi connectivity index (χ4n) is 2.88. The number of benzene rings is 3. The molecule has 0 aliphatic rings. The van der Waals surface area contributed by atoms with Gasteiger partial charge in [0, 0.05) is 11.5 Å². The van der Waals surface area contributed by atoms with E-state index in [0.717, 1.165) is 22.0 Å². The molecule has 3 aromatic carbocycles. The van der Waals surface area contributed by atoms with Crippen LogP contribution < -0.4 is 4.74 Å². The number of rotatable bonds is 4. The van der Waals surface area contributed by atoms with Crippen LogP contribution in [0.5, 0.6) is 5.75 Å². The Morgan fingerprint density at radius 1 is 1.00 bits per heavy atom. The molecule has 0 aliphatic carbocycles. The summed E-state index contributed by atoms with van der Waals surface area (Å²) in [7, 11) is 0. The smallest absolute Gasteiger partial charge is 0.167 e. The van der Waals surface area contributed by atoms with Crippen LogP contribution in [0.4, 0.5) is 4.39 Å². The number of aromatic nitrogens is 2. The van der Waals surface area contributed by atoms with Crippen molar-refractivity contribution in [3.8, 4) is 11.4 Å². The lowest BCUT2D eigenvalue weighted by Crippen LogP contribution is -2.00. The van der Waals surface area contributed by atoms with E-state index in [2.05, 4.69) is 5.10 Å². The molecular weight excluding hydrogens is 327 g/mol. The number of aryl methyl sites for hydroxylation is 1. The highest BCUT2D eigenvalue weighted by atomic mass is 19.1. The van der Waals surface area contributed by atoms with E-state index < -0.39 is 5.82 Å². The number of hydrogen-bond donors (Lipinski definition) is 0. The Balaban J connectivity index is 0.00000196. The van der Waals surface area contributed by atoms with Crippen LogP contribution in [0.25, 0.3) is 16.6 Å². The Morgan fingerprint density at radius 2 is 1.81 bits per heavy atom. The first-order chi connectivity index (χ1) is 12.2. The van der Waals surface area contributed by atoms with Crippen LogP contribution >= 0.6 is 0 Å². The Labute approximate surface area is 152 Å². The van der Waals surface area contributed by atoms with Crippen LogP contribution in [0, 0.1) is 12.7 Å². The molecule has 0 atom stereocenters. The van der Waals surface area contributed by atoms with Gasteiger partial charge in [-0.25, -0.2) is 9.07 Å². The molecule has 26 heavy (non-hydrogen) atoms. The second-order valence-corrected chi connectivity index (χ2v) is 5.95. The maximum absolute atomic E-state index is 14.5. The molecule has 0 unspecified atom stereocenters. The van der Waals surface area contributed by atoms with Gasteiger partial charge in [-0.2, -0.15) is 5.10 Å².